The van der Waals surface area contributed by atoms with Gasteiger partial charge in [0.1, 0.15) is 0 Å². The zero-order valence-electron chi connectivity index (χ0n) is 11.1. The lowest BCUT2D eigenvalue weighted by molar-refractivity contribution is 0.102. The molecule has 1 aromatic carbocycles. The quantitative estimate of drug-likeness (QED) is 0.886. The molecule has 1 aliphatic carbocycles. The molecule has 1 aliphatic rings. The van der Waals surface area contributed by atoms with E-state index in [1.807, 2.05) is 0 Å². The Bertz CT molecular complexity index is 686. The highest BCUT2D eigenvalue weighted by Gasteiger charge is 2.21. The number of rotatable bonds is 4. The SMILES string of the molecule is O=C(Nc1cccc(Cl)c1Cl)c1cncc(NC2CC2)c1. The highest BCUT2D eigenvalue weighted by atomic mass is 35.5. The number of nitrogens with zero attached hydrogens (tertiary/aromatic N) is 1. The molecule has 1 saturated carbocycles. The topological polar surface area (TPSA) is 54.0 Å². The highest BCUT2D eigenvalue weighted by molar-refractivity contribution is 6.44. The molecule has 2 aromatic rings. The van der Waals surface area contributed by atoms with E-state index < -0.39 is 0 Å². The molecule has 0 bridgehead atoms. The van der Waals surface area contributed by atoms with Gasteiger partial charge in [-0.3, -0.25) is 9.78 Å². The Balaban J connectivity index is 1.76. The molecule has 2 N–H and O–H groups in total. The Morgan fingerprint density at radius 1 is 1.24 bits per heavy atom. The van der Waals surface area contributed by atoms with Crippen LogP contribution in [0, 0.1) is 0 Å². The number of benzene rings is 1. The summed E-state index contributed by atoms with van der Waals surface area (Å²) in [5.74, 6) is -0.272. The van der Waals surface area contributed by atoms with Gasteiger partial charge in [-0.2, -0.15) is 0 Å². The molecule has 6 heteroatoms. The lowest BCUT2D eigenvalue weighted by Gasteiger charge is -2.09. The van der Waals surface area contributed by atoms with Gasteiger partial charge in [0, 0.05) is 18.4 Å². The number of carbonyl (C=O) groups excluding carboxylic acids is 1. The minimum Gasteiger partial charge on any atom is -0.381 e. The second-order valence-electron chi connectivity index (χ2n) is 4.94. The van der Waals surface area contributed by atoms with Crippen molar-refractivity contribution in [2.45, 2.75) is 18.9 Å². The zero-order chi connectivity index (χ0) is 14.8. The summed E-state index contributed by atoms with van der Waals surface area (Å²) in [5.41, 5.74) is 1.80. The molecule has 0 unspecified atom stereocenters. The van der Waals surface area contributed by atoms with Crippen LogP contribution >= 0.6 is 23.2 Å². The maximum Gasteiger partial charge on any atom is 0.257 e. The maximum absolute atomic E-state index is 12.3. The van der Waals surface area contributed by atoms with E-state index in [-0.39, 0.29) is 5.91 Å². The summed E-state index contributed by atoms with van der Waals surface area (Å²) >= 11 is 12.0. The van der Waals surface area contributed by atoms with Gasteiger partial charge in [-0.25, -0.2) is 0 Å². The zero-order valence-corrected chi connectivity index (χ0v) is 12.6. The third-order valence-corrected chi connectivity index (χ3v) is 3.97. The van der Waals surface area contributed by atoms with Crippen molar-refractivity contribution in [3.8, 4) is 0 Å². The van der Waals surface area contributed by atoms with Crippen molar-refractivity contribution >= 4 is 40.5 Å². The number of nitrogens with one attached hydrogen (secondary N) is 2. The van der Waals surface area contributed by atoms with Crippen LogP contribution in [0.5, 0.6) is 0 Å². The Kier molecular flexibility index (Phi) is 3.99. The fraction of sp³-hybridized carbons (Fsp3) is 0.200. The molecule has 1 amide bonds. The number of hydrogen-bond donors (Lipinski definition) is 2. The van der Waals surface area contributed by atoms with Crippen LogP contribution in [0.15, 0.2) is 36.7 Å². The minimum atomic E-state index is -0.272. The van der Waals surface area contributed by atoms with E-state index in [9.17, 15) is 4.79 Å². The van der Waals surface area contributed by atoms with Crippen LogP contribution < -0.4 is 10.6 Å². The van der Waals surface area contributed by atoms with E-state index in [0.29, 0.717) is 27.3 Å². The van der Waals surface area contributed by atoms with Crippen LogP contribution in [0.3, 0.4) is 0 Å². The third kappa shape index (κ3) is 3.46. The fourth-order valence-corrected chi connectivity index (χ4v) is 2.25. The van der Waals surface area contributed by atoms with Crippen molar-refractivity contribution < 1.29 is 4.79 Å². The summed E-state index contributed by atoms with van der Waals surface area (Å²) in [6.45, 7) is 0. The lowest BCUT2D eigenvalue weighted by atomic mass is 10.2. The first-order valence-electron chi connectivity index (χ1n) is 6.60. The molecule has 0 saturated heterocycles. The van der Waals surface area contributed by atoms with Crippen molar-refractivity contribution in [3.05, 3.63) is 52.3 Å². The van der Waals surface area contributed by atoms with E-state index in [1.165, 1.54) is 6.20 Å². The average molecular weight is 322 g/mol. The molecule has 0 spiro atoms. The molecule has 1 heterocycles. The summed E-state index contributed by atoms with van der Waals surface area (Å²) in [6, 6.07) is 7.38. The predicted molar refractivity (Wildman–Crippen MR) is 85.3 cm³/mol. The van der Waals surface area contributed by atoms with E-state index in [2.05, 4.69) is 15.6 Å². The van der Waals surface area contributed by atoms with Gasteiger partial charge in [0.05, 0.1) is 27.0 Å². The van der Waals surface area contributed by atoms with E-state index in [1.54, 1.807) is 30.5 Å². The second-order valence-corrected chi connectivity index (χ2v) is 5.72. The van der Waals surface area contributed by atoms with Gasteiger partial charge in [-0.1, -0.05) is 29.3 Å². The molecule has 4 nitrogen and oxygen atoms in total. The predicted octanol–water partition coefficient (Wildman–Crippen LogP) is 4.22. The van der Waals surface area contributed by atoms with Crippen LogP contribution in [0.25, 0.3) is 0 Å². The van der Waals surface area contributed by atoms with E-state index in [4.69, 9.17) is 23.2 Å². The van der Waals surface area contributed by atoms with E-state index >= 15 is 0 Å². The average Bonchev–Trinajstić information content (AvgIpc) is 3.28. The summed E-state index contributed by atoms with van der Waals surface area (Å²) in [5, 5.41) is 6.77. The van der Waals surface area contributed by atoms with Crippen molar-refractivity contribution in [3.63, 3.8) is 0 Å². The Labute approximate surface area is 132 Å². The van der Waals surface area contributed by atoms with Crippen LogP contribution in [-0.2, 0) is 0 Å². The number of hydrogen-bond acceptors (Lipinski definition) is 3. The number of pyridine rings is 1. The number of carbonyl (C=O) groups is 1. The van der Waals surface area contributed by atoms with Gasteiger partial charge >= 0.3 is 0 Å². The van der Waals surface area contributed by atoms with Gasteiger partial charge in [-0.15, -0.1) is 0 Å². The summed E-state index contributed by atoms with van der Waals surface area (Å²) in [4.78, 5) is 16.3. The molecule has 1 aromatic heterocycles. The van der Waals surface area contributed by atoms with Crippen LogP contribution in [0.1, 0.15) is 23.2 Å². The van der Waals surface area contributed by atoms with Gasteiger partial charge in [-0.05, 0) is 31.0 Å². The van der Waals surface area contributed by atoms with Gasteiger partial charge in [0.2, 0.25) is 0 Å². The van der Waals surface area contributed by atoms with Crippen LogP contribution in [0.4, 0.5) is 11.4 Å². The molecule has 0 atom stereocenters. The molecule has 0 aliphatic heterocycles. The highest BCUT2D eigenvalue weighted by Crippen LogP contribution is 2.30. The lowest BCUT2D eigenvalue weighted by Crippen LogP contribution is -2.13. The molecule has 108 valence electrons. The smallest absolute Gasteiger partial charge is 0.257 e. The molecular formula is C15H13Cl2N3O. The monoisotopic (exact) mass is 321 g/mol. The first-order valence-corrected chi connectivity index (χ1v) is 7.36. The van der Waals surface area contributed by atoms with Crippen molar-refractivity contribution in [1.29, 1.82) is 0 Å². The molecular weight excluding hydrogens is 309 g/mol. The Morgan fingerprint density at radius 2 is 2.05 bits per heavy atom. The van der Waals surface area contributed by atoms with Gasteiger partial charge in [0.25, 0.3) is 5.91 Å². The first kappa shape index (κ1) is 14.2. The molecule has 1 fully saturated rings. The number of halogens is 2. The van der Waals surface area contributed by atoms with Crippen LogP contribution in [0.2, 0.25) is 10.0 Å². The molecule has 21 heavy (non-hydrogen) atoms. The maximum atomic E-state index is 12.3. The number of anilines is 2. The van der Waals surface area contributed by atoms with Crippen molar-refractivity contribution in [2.75, 3.05) is 10.6 Å². The largest absolute Gasteiger partial charge is 0.381 e. The van der Waals surface area contributed by atoms with Crippen molar-refractivity contribution in [2.24, 2.45) is 0 Å². The summed E-state index contributed by atoms with van der Waals surface area (Å²) < 4.78 is 0. The Morgan fingerprint density at radius 3 is 2.81 bits per heavy atom. The van der Waals surface area contributed by atoms with E-state index in [0.717, 1.165) is 18.5 Å². The van der Waals surface area contributed by atoms with Crippen molar-refractivity contribution in [1.82, 2.24) is 4.98 Å². The fourth-order valence-electron chi connectivity index (χ4n) is 1.90. The molecule has 3 rings (SSSR count). The second kappa shape index (κ2) is 5.92. The number of amides is 1. The summed E-state index contributed by atoms with van der Waals surface area (Å²) in [7, 11) is 0. The third-order valence-electron chi connectivity index (χ3n) is 3.15. The first-order chi connectivity index (χ1) is 10.1. The minimum absolute atomic E-state index is 0.272. The normalized spacial score (nSPS) is 13.8. The summed E-state index contributed by atoms with van der Waals surface area (Å²) in [6.07, 6.45) is 5.55. The number of aromatic nitrogens is 1. The Hall–Kier alpha value is -1.78. The van der Waals surface area contributed by atoms with Gasteiger partial charge < -0.3 is 10.6 Å². The van der Waals surface area contributed by atoms with Gasteiger partial charge in [0.15, 0.2) is 0 Å². The standard InChI is InChI=1S/C15H13Cl2N3O/c16-12-2-1-3-13(14(12)17)20-15(21)9-6-11(8-18-7-9)19-10-4-5-10/h1-3,6-8,10,19H,4-5H2,(H,20,21). The molecule has 0 radical (unpaired) electrons. The van der Waals surface area contributed by atoms with Crippen LogP contribution in [-0.4, -0.2) is 16.9 Å².